The van der Waals surface area contributed by atoms with Crippen LogP contribution in [0.5, 0.6) is 5.75 Å². The number of ketones is 1. The van der Waals surface area contributed by atoms with Gasteiger partial charge in [-0.05, 0) is 35.9 Å². The van der Waals surface area contributed by atoms with E-state index in [1.807, 2.05) is 13.8 Å². The van der Waals surface area contributed by atoms with Crippen LogP contribution in [0.2, 0.25) is 0 Å². The Hall–Kier alpha value is -3.25. The number of carbonyl (C=O) groups excluding carboxylic acids is 3. The molecule has 0 aliphatic carbocycles. The number of primary amides is 1. The largest absolute Gasteiger partial charge is 0.484 e. The van der Waals surface area contributed by atoms with E-state index in [0.717, 1.165) is 6.42 Å². The van der Waals surface area contributed by atoms with Gasteiger partial charge in [0.2, 0.25) is 5.91 Å². The fraction of sp³-hybridized carbons (Fsp3) is 0.333. The fourth-order valence-corrected chi connectivity index (χ4v) is 5.64. The van der Waals surface area contributed by atoms with Crippen LogP contribution < -0.4 is 20.7 Å². The minimum absolute atomic E-state index is 0.115. The Balaban J connectivity index is 1.69. The Morgan fingerprint density at radius 1 is 1.30 bits per heavy atom. The summed E-state index contributed by atoms with van der Waals surface area (Å²) in [4.78, 5) is 39.2. The predicted molar refractivity (Wildman–Crippen MR) is 123 cm³/mol. The van der Waals surface area contributed by atoms with Crippen LogP contribution in [-0.2, 0) is 19.6 Å². The molecule has 0 fully saturated rings. The van der Waals surface area contributed by atoms with Crippen molar-refractivity contribution >= 4 is 56.2 Å². The zero-order valence-electron chi connectivity index (χ0n) is 17.9. The Bertz CT molecular complexity index is 1280. The van der Waals surface area contributed by atoms with Crippen LogP contribution >= 0.6 is 11.3 Å². The van der Waals surface area contributed by atoms with Crippen molar-refractivity contribution in [3.05, 3.63) is 34.5 Å². The number of carbonyl (C=O) groups is 3. The Labute approximate surface area is 194 Å². The highest BCUT2D eigenvalue weighted by atomic mass is 32.2. The maximum Gasteiger partial charge on any atom is 0.286 e. The van der Waals surface area contributed by atoms with Gasteiger partial charge in [0.1, 0.15) is 16.5 Å². The molecule has 1 atom stereocenters. The molecule has 12 heteroatoms. The molecule has 0 spiro atoms. The normalized spacial score (nSPS) is 18.9. The summed E-state index contributed by atoms with van der Waals surface area (Å²) in [6.07, 6.45) is 0.719. The molecule has 174 valence electrons. The summed E-state index contributed by atoms with van der Waals surface area (Å²) >= 11 is 1.21. The lowest BCUT2D eigenvalue weighted by atomic mass is 9.93. The number of nitrogens with two attached hydrogens (primary N) is 1. The molecule has 3 heterocycles. The number of fused-ring (bicyclic) bond motifs is 2. The molecule has 0 saturated heterocycles. The van der Waals surface area contributed by atoms with Crippen LogP contribution in [0.1, 0.15) is 29.9 Å². The van der Waals surface area contributed by atoms with E-state index in [1.54, 1.807) is 11.4 Å². The van der Waals surface area contributed by atoms with E-state index in [2.05, 4.69) is 9.71 Å². The number of Topliss-reactive ketones (excluding diaryl/α,β-unsaturated/α-hetero) is 1. The molecule has 3 N–H and O–H groups in total. The maximum atomic E-state index is 13.4. The van der Waals surface area contributed by atoms with Gasteiger partial charge in [0, 0.05) is 12.6 Å². The smallest absolute Gasteiger partial charge is 0.286 e. The van der Waals surface area contributed by atoms with Gasteiger partial charge in [-0.2, -0.15) is 8.42 Å². The van der Waals surface area contributed by atoms with E-state index in [-0.39, 0.29) is 22.2 Å². The number of rotatable bonds is 7. The van der Waals surface area contributed by atoms with Gasteiger partial charge in [-0.1, -0.05) is 13.8 Å². The lowest BCUT2D eigenvalue weighted by molar-refractivity contribution is -0.120. The van der Waals surface area contributed by atoms with Crippen molar-refractivity contribution in [2.75, 3.05) is 23.4 Å². The van der Waals surface area contributed by atoms with E-state index >= 15 is 0 Å². The van der Waals surface area contributed by atoms with Crippen LogP contribution in [0.15, 0.2) is 38.9 Å². The highest BCUT2D eigenvalue weighted by Crippen LogP contribution is 2.38. The summed E-state index contributed by atoms with van der Waals surface area (Å²) in [7, 11) is -4.25. The zero-order chi connectivity index (χ0) is 23.9. The molecule has 2 amide bonds. The molecule has 1 aromatic heterocycles. The highest BCUT2D eigenvalue weighted by molar-refractivity contribution is 7.90. The average molecular weight is 491 g/mol. The first-order valence-electron chi connectivity index (χ1n) is 10.2. The second-order valence-corrected chi connectivity index (χ2v) is 10.6. The molecule has 33 heavy (non-hydrogen) atoms. The van der Waals surface area contributed by atoms with E-state index in [1.165, 1.54) is 34.4 Å². The predicted octanol–water partition coefficient (Wildman–Crippen LogP) is 2.02. The van der Waals surface area contributed by atoms with Crippen LogP contribution in [0, 0.1) is 11.8 Å². The first kappa shape index (κ1) is 22.9. The van der Waals surface area contributed by atoms with Crippen molar-refractivity contribution in [2.24, 2.45) is 22.0 Å². The minimum atomic E-state index is -4.25. The first-order chi connectivity index (χ1) is 15.6. The molecule has 2 aliphatic heterocycles. The number of nitrogens with zero attached hydrogens (tertiary/aromatic N) is 2. The number of ether oxygens (including phenoxy) is 1. The summed E-state index contributed by atoms with van der Waals surface area (Å²) < 4.78 is 34.8. The lowest BCUT2D eigenvalue weighted by Gasteiger charge is -2.33. The van der Waals surface area contributed by atoms with E-state index in [9.17, 15) is 22.8 Å². The van der Waals surface area contributed by atoms with Gasteiger partial charge in [-0.3, -0.25) is 14.4 Å². The molecule has 0 radical (unpaired) electrons. The highest BCUT2D eigenvalue weighted by Gasteiger charge is 2.45. The van der Waals surface area contributed by atoms with Crippen LogP contribution in [0.25, 0.3) is 0 Å². The van der Waals surface area contributed by atoms with Gasteiger partial charge in [-0.25, -0.2) is 0 Å². The van der Waals surface area contributed by atoms with Gasteiger partial charge < -0.3 is 20.7 Å². The molecular weight excluding hydrogens is 468 g/mol. The summed E-state index contributed by atoms with van der Waals surface area (Å²) in [6.45, 7) is 4.05. The van der Waals surface area contributed by atoms with Crippen LogP contribution in [0.4, 0.5) is 11.4 Å². The number of sulfonamides is 1. The number of thiophene rings is 1. The molecule has 1 aromatic carbocycles. The van der Waals surface area contributed by atoms with Crippen molar-refractivity contribution in [3.8, 4) is 5.75 Å². The number of anilines is 2. The number of amidine groups is 1. The first-order valence-corrected chi connectivity index (χ1v) is 12.5. The minimum Gasteiger partial charge on any atom is -0.484 e. The van der Waals surface area contributed by atoms with Crippen LogP contribution in [0.3, 0.4) is 0 Å². The Morgan fingerprint density at radius 3 is 2.76 bits per heavy atom. The molecule has 4 rings (SSSR count). The number of hydrogen-bond donors (Lipinski definition) is 2. The maximum absolute atomic E-state index is 13.4. The van der Waals surface area contributed by atoms with Crippen molar-refractivity contribution in [2.45, 2.75) is 25.2 Å². The second kappa shape index (κ2) is 8.60. The topological polar surface area (TPSA) is 148 Å². The number of nitrogens with one attached hydrogen (secondary N) is 1. The zero-order valence-corrected chi connectivity index (χ0v) is 19.5. The fourth-order valence-electron chi connectivity index (χ4n) is 3.60. The molecule has 2 aliphatic rings. The van der Waals surface area contributed by atoms with Crippen molar-refractivity contribution in [1.82, 2.24) is 0 Å². The summed E-state index contributed by atoms with van der Waals surface area (Å²) in [5.41, 5.74) is 5.75. The third-order valence-electron chi connectivity index (χ3n) is 5.23. The quantitative estimate of drug-likeness (QED) is 0.564. The van der Waals surface area contributed by atoms with Crippen molar-refractivity contribution < 1.29 is 27.5 Å². The summed E-state index contributed by atoms with van der Waals surface area (Å²) in [5.74, 6) is -2.90. The van der Waals surface area contributed by atoms with Gasteiger partial charge in [0.25, 0.3) is 15.9 Å². The monoisotopic (exact) mass is 490 g/mol. The molecule has 10 nitrogen and oxygen atoms in total. The van der Waals surface area contributed by atoms with Gasteiger partial charge in [-0.15, -0.1) is 15.7 Å². The molecule has 2 aromatic rings. The third kappa shape index (κ3) is 4.35. The number of amides is 2. The lowest BCUT2D eigenvalue weighted by Crippen LogP contribution is -2.50. The average Bonchev–Trinajstić information content (AvgIpc) is 3.22. The Kier molecular flexibility index (Phi) is 5.97. The molecular formula is C21H22N4O6S2. The van der Waals surface area contributed by atoms with E-state index < -0.39 is 40.1 Å². The van der Waals surface area contributed by atoms with Gasteiger partial charge in [0.05, 0.1) is 16.3 Å². The van der Waals surface area contributed by atoms with Gasteiger partial charge in [0.15, 0.2) is 18.3 Å². The van der Waals surface area contributed by atoms with Crippen LogP contribution in [-0.4, -0.2) is 45.0 Å². The summed E-state index contributed by atoms with van der Waals surface area (Å²) in [6, 6.07) is 5.80. The molecule has 1 unspecified atom stereocenters. The third-order valence-corrected chi connectivity index (χ3v) is 7.48. The molecule has 0 bridgehead atoms. The molecule has 0 saturated carbocycles. The van der Waals surface area contributed by atoms with Crippen molar-refractivity contribution in [3.63, 3.8) is 0 Å². The number of benzene rings is 1. The van der Waals surface area contributed by atoms with Gasteiger partial charge >= 0.3 is 0 Å². The van der Waals surface area contributed by atoms with E-state index in [0.29, 0.717) is 23.0 Å². The van der Waals surface area contributed by atoms with E-state index in [4.69, 9.17) is 10.5 Å². The SMILES string of the molecule is CC(C)CCN1C(=O)C(C2=NS(=O)(=O)c3cc(OCC(N)=O)ccc3N2)C(=O)c2sccc21. The van der Waals surface area contributed by atoms with Crippen molar-refractivity contribution in [1.29, 1.82) is 0 Å². The number of hydrogen-bond acceptors (Lipinski definition) is 8. The summed E-state index contributed by atoms with van der Waals surface area (Å²) in [5, 5.41) is 4.58. The Morgan fingerprint density at radius 2 is 2.06 bits per heavy atom. The standard InChI is InChI=1S/C21H22N4O6S2/c1-11(2)5-7-25-14-6-8-32-19(14)18(27)17(21(25)28)20-23-13-4-3-12(31-10-16(22)26)9-15(13)33(29,30)24-20/h3-4,6,8-9,11,17H,5,7,10H2,1-2H3,(H2,22,26)(H,23,24). The second-order valence-electron chi connectivity index (χ2n) is 8.09.